The average molecular weight is 366 g/mol. The molecule has 0 aromatic heterocycles. The first kappa shape index (κ1) is 20.6. The third-order valence-electron chi connectivity index (χ3n) is 4.60. The predicted octanol–water partition coefficient (Wildman–Crippen LogP) is 3.10. The minimum atomic E-state index is -0.294. The standard InChI is InChI=1S/C20H30O6/c1-3-5-8-15-13-23-19(21)9-6-7-10-20(22)24-14-16-11-12-18(26-16)17(4-2)25-15/h3-5,15-18H,2,6-14H2,1H3/b5-3+/t15-,16+,17+,18+/m0/s1. The number of cyclic esters (lactones) is 2. The fourth-order valence-electron chi connectivity index (χ4n) is 3.12. The van der Waals surface area contributed by atoms with E-state index in [4.69, 9.17) is 18.9 Å². The van der Waals surface area contributed by atoms with Gasteiger partial charge in [-0.05, 0) is 39.0 Å². The zero-order valence-corrected chi connectivity index (χ0v) is 15.6. The first-order valence-corrected chi connectivity index (χ1v) is 9.48. The van der Waals surface area contributed by atoms with Gasteiger partial charge in [0.15, 0.2) is 0 Å². The molecule has 2 aliphatic heterocycles. The largest absolute Gasteiger partial charge is 0.463 e. The van der Waals surface area contributed by atoms with E-state index in [1.165, 1.54) is 0 Å². The molecular weight excluding hydrogens is 336 g/mol. The lowest BCUT2D eigenvalue weighted by molar-refractivity contribution is -0.155. The van der Waals surface area contributed by atoms with Gasteiger partial charge in [-0.1, -0.05) is 18.2 Å². The maximum atomic E-state index is 11.9. The van der Waals surface area contributed by atoms with Gasteiger partial charge in [0.1, 0.15) is 19.3 Å². The van der Waals surface area contributed by atoms with Crippen LogP contribution in [0.25, 0.3) is 0 Å². The Bertz CT molecular complexity index is 501. The van der Waals surface area contributed by atoms with Gasteiger partial charge in [-0.3, -0.25) is 9.59 Å². The first-order chi connectivity index (χ1) is 12.6. The number of esters is 2. The van der Waals surface area contributed by atoms with Gasteiger partial charge in [0.2, 0.25) is 0 Å². The Hall–Kier alpha value is -1.66. The normalized spacial score (nSPS) is 32.2. The summed E-state index contributed by atoms with van der Waals surface area (Å²) >= 11 is 0. The lowest BCUT2D eigenvalue weighted by atomic mass is 10.1. The van der Waals surface area contributed by atoms with Gasteiger partial charge in [0.25, 0.3) is 0 Å². The lowest BCUT2D eigenvalue weighted by Gasteiger charge is -2.26. The SMILES string of the molecule is C=C[C@H]1O[C@@H](C/C=C/C)COC(=O)CCCCC(=O)OC[C@H]2CC[C@H]1O2. The van der Waals surface area contributed by atoms with Gasteiger partial charge >= 0.3 is 11.9 Å². The molecule has 0 aromatic rings. The number of carbonyl (C=O) groups excluding carboxylic acids is 2. The van der Waals surface area contributed by atoms with Crippen molar-refractivity contribution in [3.8, 4) is 0 Å². The van der Waals surface area contributed by atoms with Crippen LogP contribution >= 0.6 is 0 Å². The van der Waals surface area contributed by atoms with Crippen LogP contribution in [0, 0.1) is 0 Å². The predicted molar refractivity (Wildman–Crippen MR) is 96.6 cm³/mol. The van der Waals surface area contributed by atoms with Crippen molar-refractivity contribution in [1.82, 2.24) is 0 Å². The number of allylic oxidation sites excluding steroid dienone is 1. The van der Waals surface area contributed by atoms with E-state index in [1.54, 1.807) is 6.08 Å². The van der Waals surface area contributed by atoms with Crippen LogP contribution < -0.4 is 0 Å². The molecule has 2 fully saturated rings. The van der Waals surface area contributed by atoms with E-state index in [0.29, 0.717) is 32.1 Å². The Morgan fingerprint density at radius 3 is 2.38 bits per heavy atom. The Kier molecular flexibility index (Phi) is 8.85. The van der Waals surface area contributed by atoms with Crippen molar-refractivity contribution in [3.63, 3.8) is 0 Å². The molecular formula is C20H30O6. The molecule has 4 atom stereocenters. The van der Waals surface area contributed by atoms with Crippen LogP contribution in [0.1, 0.15) is 51.9 Å². The van der Waals surface area contributed by atoms with Crippen LogP contribution in [0.4, 0.5) is 0 Å². The van der Waals surface area contributed by atoms with Gasteiger partial charge in [-0.25, -0.2) is 0 Å². The number of rotatable bonds is 3. The Morgan fingerprint density at radius 2 is 1.73 bits per heavy atom. The second-order valence-corrected chi connectivity index (χ2v) is 6.71. The molecule has 0 saturated carbocycles. The van der Waals surface area contributed by atoms with E-state index in [1.807, 2.05) is 19.1 Å². The van der Waals surface area contributed by atoms with Crippen LogP contribution in [0.3, 0.4) is 0 Å². The van der Waals surface area contributed by atoms with Gasteiger partial charge in [0, 0.05) is 12.8 Å². The van der Waals surface area contributed by atoms with E-state index < -0.39 is 0 Å². The van der Waals surface area contributed by atoms with Gasteiger partial charge in [-0.15, -0.1) is 6.58 Å². The number of carbonyl (C=O) groups is 2. The van der Waals surface area contributed by atoms with Crippen LogP contribution in [-0.2, 0) is 28.5 Å². The molecule has 2 aliphatic rings. The van der Waals surface area contributed by atoms with E-state index in [9.17, 15) is 9.59 Å². The second-order valence-electron chi connectivity index (χ2n) is 6.71. The quantitative estimate of drug-likeness (QED) is 0.565. The highest BCUT2D eigenvalue weighted by Gasteiger charge is 2.33. The van der Waals surface area contributed by atoms with Crippen molar-refractivity contribution < 1.29 is 28.5 Å². The van der Waals surface area contributed by atoms with Crippen LogP contribution in [0.2, 0.25) is 0 Å². The summed E-state index contributed by atoms with van der Waals surface area (Å²) in [6.45, 7) is 6.27. The minimum Gasteiger partial charge on any atom is -0.463 e. The van der Waals surface area contributed by atoms with Crippen LogP contribution in [0.5, 0.6) is 0 Å². The maximum Gasteiger partial charge on any atom is 0.305 e. The number of hydrogen-bond donors (Lipinski definition) is 0. The summed E-state index contributed by atoms with van der Waals surface area (Å²) in [5.74, 6) is -0.521. The van der Waals surface area contributed by atoms with Gasteiger partial charge in [-0.2, -0.15) is 0 Å². The summed E-state index contributed by atoms with van der Waals surface area (Å²) in [6.07, 6.45) is 9.01. The fourth-order valence-corrected chi connectivity index (χ4v) is 3.12. The average Bonchev–Trinajstić information content (AvgIpc) is 3.11. The maximum absolute atomic E-state index is 11.9. The van der Waals surface area contributed by atoms with Crippen molar-refractivity contribution in [2.45, 2.75) is 76.3 Å². The third kappa shape index (κ3) is 6.92. The van der Waals surface area contributed by atoms with Gasteiger partial charge in [0.05, 0.1) is 18.3 Å². The molecule has 26 heavy (non-hydrogen) atoms. The highest BCUT2D eigenvalue weighted by Crippen LogP contribution is 2.26. The molecule has 0 aromatic carbocycles. The molecule has 2 saturated heterocycles. The number of fused-ring (bicyclic) bond motifs is 2. The molecule has 0 amide bonds. The monoisotopic (exact) mass is 366 g/mol. The van der Waals surface area contributed by atoms with Crippen molar-refractivity contribution >= 4 is 11.9 Å². The van der Waals surface area contributed by atoms with E-state index in [0.717, 1.165) is 12.8 Å². The summed E-state index contributed by atoms with van der Waals surface area (Å²) in [5, 5.41) is 0. The molecule has 2 heterocycles. The van der Waals surface area contributed by atoms with Crippen LogP contribution in [0.15, 0.2) is 24.8 Å². The number of hydrogen-bond acceptors (Lipinski definition) is 6. The fraction of sp³-hybridized carbons (Fsp3) is 0.700. The molecule has 0 unspecified atom stereocenters. The zero-order chi connectivity index (χ0) is 18.8. The highest BCUT2D eigenvalue weighted by atomic mass is 16.6. The number of ether oxygens (including phenoxy) is 4. The molecule has 146 valence electrons. The Morgan fingerprint density at radius 1 is 1.04 bits per heavy atom. The molecule has 6 heteroatoms. The summed E-state index contributed by atoms with van der Waals surface area (Å²) in [5.41, 5.74) is 0. The van der Waals surface area contributed by atoms with Gasteiger partial charge < -0.3 is 18.9 Å². The summed E-state index contributed by atoms with van der Waals surface area (Å²) in [7, 11) is 0. The summed E-state index contributed by atoms with van der Waals surface area (Å²) in [4.78, 5) is 23.7. The molecule has 0 N–H and O–H groups in total. The molecule has 2 bridgehead atoms. The molecule has 0 spiro atoms. The van der Waals surface area contributed by atoms with E-state index >= 15 is 0 Å². The smallest absolute Gasteiger partial charge is 0.305 e. The van der Waals surface area contributed by atoms with Crippen molar-refractivity contribution in [3.05, 3.63) is 24.8 Å². The Balaban J connectivity index is 2.03. The highest BCUT2D eigenvalue weighted by molar-refractivity contribution is 5.70. The van der Waals surface area contributed by atoms with Crippen LogP contribution in [-0.4, -0.2) is 49.6 Å². The topological polar surface area (TPSA) is 71.1 Å². The van der Waals surface area contributed by atoms with Crippen molar-refractivity contribution in [2.75, 3.05) is 13.2 Å². The Labute approximate surface area is 155 Å². The third-order valence-corrected chi connectivity index (χ3v) is 4.60. The molecule has 6 nitrogen and oxygen atoms in total. The van der Waals surface area contributed by atoms with E-state index in [2.05, 4.69) is 6.58 Å². The first-order valence-electron chi connectivity index (χ1n) is 9.48. The minimum absolute atomic E-state index is 0.102. The lowest BCUT2D eigenvalue weighted by Crippen LogP contribution is -2.34. The van der Waals surface area contributed by atoms with E-state index in [-0.39, 0.29) is 49.6 Å². The summed E-state index contributed by atoms with van der Waals surface area (Å²) in [6, 6.07) is 0. The van der Waals surface area contributed by atoms with Crippen molar-refractivity contribution in [1.29, 1.82) is 0 Å². The molecule has 0 radical (unpaired) electrons. The summed E-state index contributed by atoms with van der Waals surface area (Å²) < 4.78 is 22.8. The van der Waals surface area contributed by atoms with Crippen molar-refractivity contribution in [2.24, 2.45) is 0 Å². The second kappa shape index (κ2) is 11.1. The zero-order valence-electron chi connectivity index (χ0n) is 15.6. The molecule has 0 aliphatic carbocycles. The molecule has 2 rings (SSSR count).